The lowest BCUT2D eigenvalue weighted by molar-refractivity contribution is 0.743. The Morgan fingerprint density at radius 2 is 1.89 bits per heavy atom. The van der Waals surface area contributed by atoms with Crippen LogP contribution in [-0.4, -0.2) is 36.3 Å². The van der Waals surface area contributed by atoms with Crippen molar-refractivity contribution in [2.75, 3.05) is 17.3 Å². The molecule has 27 heavy (non-hydrogen) atoms. The molecule has 4 rings (SSSR count). The molecular formula is C19H22N8. The number of fused-ring (bicyclic) bond motifs is 1. The van der Waals surface area contributed by atoms with Crippen molar-refractivity contribution in [3.05, 3.63) is 54.0 Å². The molecule has 138 valence electrons. The molecule has 8 heteroatoms. The van der Waals surface area contributed by atoms with Gasteiger partial charge >= 0.3 is 0 Å². The Hall–Kier alpha value is -3.42. The van der Waals surface area contributed by atoms with Gasteiger partial charge in [-0.25, -0.2) is 4.98 Å². The minimum Gasteiger partial charge on any atom is -0.339 e. The Labute approximate surface area is 157 Å². The highest BCUT2D eigenvalue weighted by Gasteiger charge is 2.16. The fourth-order valence-corrected chi connectivity index (χ4v) is 2.92. The number of hydrogen-bond donors (Lipinski definition) is 1. The van der Waals surface area contributed by atoms with Crippen molar-refractivity contribution >= 4 is 28.7 Å². The fraction of sp³-hybridized carbons (Fsp3) is 0.263. The largest absolute Gasteiger partial charge is 0.339 e. The first-order valence-corrected chi connectivity index (χ1v) is 8.73. The van der Waals surface area contributed by atoms with Gasteiger partial charge in [0, 0.05) is 39.4 Å². The van der Waals surface area contributed by atoms with Gasteiger partial charge in [-0.1, -0.05) is 30.3 Å². The van der Waals surface area contributed by atoms with Crippen LogP contribution in [0.15, 0.2) is 42.7 Å². The van der Waals surface area contributed by atoms with Crippen LogP contribution in [0.1, 0.15) is 11.3 Å². The average Bonchev–Trinajstić information content (AvgIpc) is 3.18. The maximum atomic E-state index is 4.72. The molecular weight excluding hydrogens is 340 g/mol. The molecule has 0 aliphatic carbocycles. The third-order valence-corrected chi connectivity index (χ3v) is 4.51. The van der Waals surface area contributed by atoms with Crippen LogP contribution >= 0.6 is 0 Å². The molecule has 0 radical (unpaired) electrons. The number of aryl methyl sites for hydroxylation is 3. The minimum absolute atomic E-state index is 0.630. The minimum atomic E-state index is 0.630. The number of rotatable bonds is 5. The van der Waals surface area contributed by atoms with Crippen LogP contribution in [0.3, 0.4) is 0 Å². The number of nitrogens with one attached hydrogen (secondary N) is 1. The molecule has 0 atom stereocenters. The Morgan fingerprint density at radius 3 is 2.59 bits per heavy atom. The van der Waals surface area contributed by atoms with Gasteiger partial charge in [0.1, 0.15) is 0 Å². The van der Waals surface area contributed by atoms with Gasteiger partial charge in [0.05, 0.1) is 6.33 Å². The van der Waals surface area contributed by atoms with Gasteiger partial charge in [-0.3, -0.25) is 4.68 Å². The molecule has 4 aromatic rings. The summed E-state index contributed by atoms with van der Waals surface area (Å²) in [5.41, 5.74) is 3.75. The first-order chi connectivity index (χ1) is 13.0. The van der Waals surface area contributed by atoms with Gasteiger partial charge in [0.2, 0.25) is 5.95 Å². The zero-order chi connectivity index (χ0) is 19.0. The summed E-state index contributed by atoms with van der Waals surface area (Å²) in [6, 6.07) is 12.2. The van der Waals surface area contributed by atoms with E-state index < -0.39 is 0 Å². The zero-order valence-corrected chi connectivity index (χ0v) is 15.9. The van der Waals surface area contributed by atoms with E-state index in [9.17, 15) is 0 Å². The molecule has 1 N–H and O–H groups in total. The standard InChI is InChI=1S/C19H22N8/c1-13-10-15(24-27(13)4)21-17-16-18(26(3)12-20-16)23-19(22-17)25(2)11-14-8-6-5-7-9-14/h5-10,12H,11H2,1-4H3,(H,21,22,23,24). The maximum absolute atomic E-state index is 4.72. The lowest BCUT2D eigenvalue weighted by Gasteiger charge is -2.18. The number of nitrogens with zero attached hydrogens (tertiary/aromatic N) is 7. The molecule has 0 aliphatic heterocycles. The number of aromatic nitrogens is 6. The van der Waals surface area contributed by atoms with E-state index in [0.717, 1.165) is 22.7 Å². The van der Waals surface area contributed by atoms with Gasteiger partial charge in [-0.15, -0.1) is 0 Å². The first kappa shape index (κ1) is 17.0. The number of imidazole rings is 1. The van der Waals surface area contributed by atoms with Crippen molar-refractivity contribution in [3.63, 3.8) is 0 Å². The van der Waals surface area contributed by atoms with Crippen molar-refractivity contribution in [2.24, 2.45) is 14.1 Å². The SMILES string of the molecule is Cc1cc(Nc2nc(N(C)Cc3ccccc3)nc3c2ncn3C)nn1C. The Bertz CT molecular complexity index is 1060. The normalized spacial score (nSPS) is 11.1. The molecule has 0 saturated heterocycles. The molecule has 0 spiro atoms. The number of hydrogen-bond acceptors (Lipinski definition) is 6. The third kappa shape index (κ3) is 3.33. The summed E-state index contributed by atoms with van der Waals surface area (Å²) in [7, 11) is 5.83. The monoisotopic (exact) mass is 362 g/mol. The molecule has 0 saturated carbocycles. The van der Waals surface area contributed by atoms with Crippen molar-refractivity contribution in [2.45, 2.75) is 13.5 Å². The molecule has 0 fully saturated rings. The molecule has 0 unspecified atom stereocenters. The third-order valence-electron chi connectivity index (χ3n) is 4.51. The summed E-state index contributed by atoms with van der Waals surface area (Å²) in [5.74, 6) is 2.01. The van der Waals surface area contributed by atoms with Crippen LogP contribution in [0.4, 0.5) is 17.6 Å². The topological polar surface area (TPSA) is 76.7 Å². The van der Waals surface area contributed by atoms with E-state index in [2.05, 4.69) is 27.5 Å². The lowest BCUT2D eigenvalue weighted by Crippen LogP contribution is -2.20. The molecule has 3 heterocycles. The van der Waals surface area contributed by atoms with Crippen molar-refractivity contribution in [1.82, 2.24) is 29.3 Å². The summed E-state index contributed by atoms with van der Waals surface area (Å²) < 4.78 is 3.72. The van der Waals surface area contributed by atoms with Crippen LogP contribution in [0, 0.1) is 6.92 Å². The summed E-state index contributed by atoms with van der Waals surface area (Å²) in [5, 5.41) is 7.75. The molecule has 0 aliphatic rings. The smallest absolute Gasteiger partial charge is 0.229 e. The quantitative estimate of drug-likeness (QED) is 0.588. The van der Waals surface area contributed by atoms with Crippen LogP contribution < -0.4 is 10.2 Å². The van der Waals surface area contributed by atoms with Gasteiger partial charge < -0.3 is 14.8 Å². The Balaban J connectivity index is 1.72. The molecule has 0 bridgehead atoms. The van der Waals surface area contributed by atoms with Gasteiger partial charge in [0.15, 0.2) is 22.8 Å². The van der Waals surface area contributed by atoms with E-state index in [1.807, 2.05) is 66.5 Å². The lowest BCUT2D eigenvalue weighted by atomic mass is 10.2. The number of benzene rings is 1. The highest BCUT2D eigenvalue weighted by molar-refractivity contribution is 5.86. The van der Waals surface area contributed by atoms with Gasteiger partial charge in [0.25, 0.3) is 0 Å². The van der Waals surface area contributed by atoms with E-state index in [4.69, 9.17) is 9.97 Å². The van der Waals surface area contributed by atoms with E-state index in [1.54, 1.807) is 6.33 Å². The summed E-state index contributed by atoms with van der Waals surface area (Å²) in [6.45, 7) is 2.72. The summed E-state index contributed by atoms with van der Waals surface area (Å²) >= 11 is 0. The fourth-order valence-electron chi connectivity index (χ4n) is 2.92. The average molecular weight is 362 g/mol. The summed E-state index contributed by atoms with van der Waals surface area (Å²) in [6.07, 6.45) is 1.75. The van der Waals surface area contributed by atoms with Crippen molar-refractivity contribution in [1.29, 1.82) is 0 Å². The highest BCUT2D eigenvalue weighted by Crippen LogP contribution is 2.25. The second-order valence-electron chi connectivity index (χ2n) is 6.66. The molecule has 1 aromatic carbocycles. The van der Waals surface area contributed by atoms with Gasteiger partial charge in [-0.2, -0.15) is 15.1 Å². The second kappa shape index (κ2) is 6.71. The van der Waals surface area contributed by atoms with Gasteiger partial charge in [-0.05, 0) is 12.5 Å². The van der Waals surface area contributed by atoms with E-state index >= 15 is 0 Å². The van der Waals surface area contributed by atoms with Crippen LogP contribution in [-0.2, 0) is 20.6 Å². The molecule has 3 aromatic heterocycles. The summed E-state index contributed by atoms with van der Waals surface area (Å²) in [4.78, 5) is 15.9. The second-order valence-corrected chi connectivity index (χ2v) is 6.66. The highest BCUT2D eigenvalue weighted by atomic mass is 15.3. The molecule has 0 amide bonds. The Kier molecular flexibility index (Phi) is 4.23. The van der Waals surface area contributed by atoms with Crippen LogP contribution in [0.2, 0.25) is 0 Å². The predicted molar refractivity (Wildman–Crippen MR) is 106 cm³/mol. The predicted octanol–water partition coefficient (Wildman–Crippen LogP) is 2.79. The van der Waals surface area contributed by atoms with Crippen LogP contribution in [0.5, 0.6) is 0 Å². The van der Waals surface area contributed by atoms with E-state index in [-0.39, 0.29) is 0 Å². The van der Waals surface area contributed by atoms with E-state index in [0.29, 0.717) is 18.3 Å². The zero-order valence-electron chi connectivity index (χ0n) is 15.9. The Morgan fingerprint density at radius 1 is 1.11 bits per heavy atom. The maximum Gasteiger partial charge on any atom is 0.229 e. The van der Waals surface area contributed by atoms with Crippen molar-refractivity contribution in [3.8, 4) is 0 Å². The molecule has 8 nitrogen and oxygen atoms in total. The van der Waals surface area contributed by atoms with Crippen LogP contribution in [0.25, 0.3) is 11.2 Å². The first-order valence-electron chi connectivity index (χ1n) is 8.73. The van der Waals surface area contributed by atoms with Crippen molar-refractivity contribution < 1.29 is 0 Å². The number of anilines is 3. The van der Waals surface area contributed by atoms with E-state index in [1.165, 1.54) is 5.56 Å².